The normalized spacial score (nSPS) is 25.9. The molecule has 0 spiro atoms. The van der Waals surface area contributed by atoms with Crippen LogP contribution >= 0.6 is 0 Å². The highest BCUT2D eigenvalue weighted by molar-refractivity contribution is 5.79. The lowest BCUT2D eigenvalue weighted by molar-refractivity contribution is -0.921. The Balaban J connectivity index is 1.56. The van der Waals surface area contributed by atoms with E-state index in [-0.39, 0.29) is 11.7 Å². The van der Waals surface area contributed by atoms with Gasteiger partial charge in [0, 0.05) is 18.7 Å². The number of nitrogens with zero attached hydrogens (tertiary/aromatic N) is 1. The average Bonchev–Trinajstić information content (AvgIpc) is 2.86. The monoisotopic (exact) mass is 319 g/mol. The van der Waals surface area contributed by atoms with Crippen molar-refractivity contribution in [2.45, 2.75) is 45.1 Å². The SMILES string of the molecule is O=C(C1CCC[NH+](Cc2ccc(F)cc2)C1)N1CCCCCC1. The molecule has 4 heteroatoms. The number of quaternary nitrogens is 1. The zero-order valence-electron chi connectivity index (χ0n) is 13.9. The summed E-state index contributed by atoms with van der Waals surface area (Å²) in [4.78, 5) is 16.4. The lowest BCUT2D eigenvalue weighted by atomic mass is 9.96. The minimum absolute atomic E-state index is 0.178. The van der Waals surface area contributed by atoms with Gasteiger partial charge in [0.15, 0.2) is 0 Å². The van der Waals surface area contributed by atoms with Crippen LogP contribution in [0.1, 0.15) is 44.1 Å². The summed E-state index contributed by atoms with van der Waals surface area (Å²) in [6.45, 7) is 4.82. The van der Waals surface area contributed by atoms with Crippen LogP contribution in [0.25, 0.3) is 0 Å². The number of amides is 1. The largest absolute Gasteiger partial charge is 0.342 e. The Morgan fingerprint density at radius 2 is 1.78 bits per heavy atom. The summed E-state index contributed by atoms with van der Waals surface area (Å²) in [5, 5.41) is 0. The molecule has 126 valence electrons. The predicted molar refractivity (Wildman–Crippen MR) is 88.6 cm³/mol. The van der Waals surface area contributed by atoms with E-state index in [1.54, 1.807) is 0 Å². The molecule has 0 bridgehead atoms. The minimum atomic E-state index is -0.184. The van der Waals surface area contributed by atoms with Crippen molar-refractivity contribution in [1.29, 1.82) is 0 Å². The third kappa shape index (κ3) is 4.54. The maximum atomic E-state index is 13.0. The number of carbonyl (C=O) groups excluding carboxylic acids is 1. The van der Waals surface area contributed by atoms with Crippen LogP contribution in [0.3, 0.4) is 0 Å². The molecule has 3 rings (SSSR count). The van der Waals surface area contributed by atoms with Crippen LogP contribution in [0.4, 0.5) is 4.39 Å². The van der Waals surface area contributed by atoms with E-state index < -0.39 is 0 Å². The van der Waals surface area contributed by atoms with Crippen LogP contribution < -0.4 is 4.90 Å². The summed E-state index contributed by atoms with van der Waals surface area (Å²) >= 11 is 0. The second kappa shape index (κ2) is 7.91. The third-order valence-electron chi connectivity index (χ3n) is 5.25. The van der Waals surface area contributed by atoms with E-state index >= 15 is 0 Å². The van der Waals surface area contributed by atoms with E-state index in [2.05, 4.69) is 4.90 Å². The van der Waals surface area contributed by atoms with Crippen LogP contribution in [0.5, 0.6) is 0 Å². The lowest BCUT2D eigenvalue weighted by Crippen LogP contribution is -3.12. The van der Waals surface area contributed by atoms with Crippen molar-refractivity contribution in [3.05, 3.63) is 35.6 Å². The first-order chi connectivity index (χ1) is 11.2. The molecule has 0 aromatic heterocycles. The van der Waals surface area contributed by atoms with Crippen molar-refractivity contribution in [2.75, 3.05) is 26.2 Å². The van der Waals surface area contributed by atoms with Gasteiger partial charge in [-0.05, 0) is 37.8 Å². The number of hydrogen-bond acceptors (Lipinski definition) is 1. The van der Waals surface area contributed by atoms with Crippen molar-refractivity contribution in [2.24, 2.45) is 5.92 Å². The quantitative estimate of drug-likeness (QED) is 0.906. The van der Waals surface area contributed by atoms with Crippen LogP contribution in [-0.4, -0.2) is 37.0 Å². The fourth-order valence-electron chi connectivity index (χ4n) is 3.96. The number of piperidine rings is 1. The Bertz CT molecular complexity index is 509. The lowest BCUT2D eigenvalue weighted by Gasteiger charge is -2.32. The molecule has 2 atom stereocenters. The fraction of sp³-hybridized carbons (Fsp3) is 0.632. The minimum Gasteiger partial charge on any atom is -0.342 e. The summed E-state index contributed by atoms with van der Waals surface area (Å²) in [7, 11) is 0. The number of benzene rings is 1. The van der Waals surface area contributed by atoms with Gasteiger partial charge in [-0.1, -0.05) is 25.0 Å². The first kappa shape index (κ1) is 16.4. The average molecular weight is 319 g/mol. The fourth-order valence-corrected chi connectivity index (χ4v) is 3.96. The molecule has 1 aromatic rings. The van der Waals surface area contributed by atoms with E-state index in [0.717, 1.165) is 64.0 Å². The highest BCUT2D eigenvalue weighted by Crippen LogP contribution is 2.16. The van der Waals surface area contributed by atoms with Crippen LogP contribution in [-0.2, 0) is 11.3 Å². The molecule has 2 unspecified atom stereocenters. The Morgan fingerprint density at radius 3 is 2.48 bits per heavy atom. The molecular formula is C19H28FN2O+. The number of carbonyl (C=O) groups is 1. The first-order valence-electron chi connectivity index (χ1n) is 9.09. The van der Waals surface area contributed by atoms with Gasteiger partial charge >= 0.3 is 0 Å². The standard InChI is InChI=1S/C19H27FN2O/c20-18-9-7-16(8-10-18)14-21-11-5-6-17(15-21)19(23)22-12-3-1-2-4-13-22/h7-10,17H,1-6,11-15H2/p+1. The van der Waals surface area contributed by atoms with Gasteiger partial charge in [-0.25, -0.2) is 4.39 Å². The molecule has 0 aliphatic carbocycles. The maximum absolute atomic E-state index is 13.0. The van der Waals surface area contributed by atoms with E-state index in [9.17, 15) is 9.18 Å². The molecule has 2 aliphatic rings. The summed E-state index contributed by atoms with van der Waals surface area (Å²) in [5.74, 6) is 0.372. The zero-order chi connectivity index (χ0) is 16.1. The zero-order valence-corrected chi connectivity index (χ0v) is 13.9. The second-order valence-corrected chi connectivity index (χ2v) is 7.09. The summed E-state index contributed by atoms with van der Waals surface area (Å²) in [6, 6.07) is 6.78. The van der Waals surface area contributed by atoms with Gasteiger partial charge in [0.05, 0.1) is 19.0 Å². The number of halogens is 1. The smallest absolute Gasteiger partial charge is 0.231 e. The van der Waals surface area contributed by atoms with Gasteiger partial charge in [0.25, 0.3) is 0 Å². The predicted octanol–water partition coefficient (Wildman–Crippen LogP) is 2.02. The van der Waals surface area contributed by atoms with Crippen LogP contribution in [0, 0.1) is 11.7 Å². The molecular weight excluding hydrogens is 291 g/mol. The van der Waals surface area contributed by atoms with Gasteiger partial charge in [0.1, 0.15) is 12.4 Å². The van der Waals surface area contributed by atoms with E-state index in [0.29, 0.717) is 5.91 Å². The Hall–Kier alpha value is -1.42. The van der Waals surface area contributed by atoms with Gasteiger partial charge in [-0.2, -0.15) is 0 Å². The molecule has 1 N–H and O–H groups in total. The third-order valence-corrected chi connectivity index (χ3v) is 5.25. The number of hydrogen-bond donors (Lipinski definition) is 1. The first-order valence-corrected chi connectivity index (χ1v) is 9.09. The van der Waals surface area contributed by atoms with Gasteiger partial charge in [-0.3, -0.25) is 4.79 Å². The number of likely N-dealkylation sites (tertiary alicyclic amines) is 2. The molecule has 1 amide bonds. The van der Waals surface area contributed by atoms with Crippen molar-refractivity contribution in [3.8, 4) is 0 Å². The second-order valence-electron chi connectivity index (χ2n) is 7.09. The number of rotatable bonds is 3. The van der Waals surface area contributed by atoms with Gasteiger partial charge in [-0.15, -0.1) is 0 Å². The van der Waals surface area contributed by atoms with Crippen LogP contribution in [0.15, 0.2) is 24.3 Å². The molecule has 23 heavy (non-hydrogen) atoms. The van der Waals surface area contributed by atoms with E-state index in [1.807, 2.05) is 12.1 Å². The molecule has 2 aliphatic heterocycles. The van der Waals surface area contributed by atoms with Gasteiger partial charge in [0.2, 0.25) is 5.91 Å². The summed E-state index contributed by atoms with van der Waals surface area (Å²) in [5.41, 5.74) is 1.16. The van der Waals surface area contributed by atoms with Gasteiger partial charge < -0.3 is 9.80 Å². The van der Waals surface area contributed by atoms with Crippen molar-refractivity contribution in [1.82, 2.24) is 4.90 Å². The molecule has 2 saturated heterocycles. The number of nitrogens with one attached hydrogen (secondary N) is 1. The molecule has 0 radical (unpaired) electrons. The summed E-state index contributed by atoms with van der Waals surface area (Å²) < 4.78 is 13.0. The maximum Gasteiger partial charge on any atom is 0.231 e. The molecule has 3 nitrogen and oxygen atoms in total. The highest BCUT2D eigenvalue weighted by atomic mass is 19.1. The molecule has 2 heterocycles. The Kier molecular flexibility index (Phi) is 5.65. The van der Waals surface area contributed by atoms with Crippen molar-refractivity contribution < 1.29 is 14.1 Å². The van der Waals surface area contributed by atoms with Crippen LogP contribution in [0.2, 0.25) is 0 Å². The Labute approximate surface area is 138 Å². The van der Waals surface area contributed by atoms with Crippen molar-refractivity contribution >= 4 is 5.91 Å². The Morgan fingerprint density at radius 1 is 1.09 bits per heavy atom. The topological polar surface area (TPSA) is 24.8 Å². The van der Waals surface area contributed by atoms with E-state index in [1.165, 1.54) is 29.9 Å². The molecule has 0 saturated carbocycles. The highest BCUT2D eigenvalue weighted by Gasteiger charge is 2.31. The molecule has 2 fully saturated rings. The van der Waals surface area contributed by atoms with Crippen molar-refractivity contribution in [3.63, 3.8) is 0 Å². The van der Waals surface area contributed by atoms with E-state index in [4.69, 9.17) is 0 Å². The molecule has 1 aromatic carbocycles. The summed E-state index contributed by atoms with van der Waals surface area (Å²) in [6.07, 6.45) is 6.98.